The van der Waals surface area contributed by atoms with Crippen LogP contribution in [0.3, 0.4) is 0 Å². The Kier molecular flexibility index (Phi) is 1.93. The molecule has 2 aliphatic rings. The highest BCUT2D eigenvalue weighted by Gasteiger charge is 2.53. The second-order valence-corrected chi connectivity index (χ2v) is 6.00. The van der Waals surface area contributed by atoms with E-state index in [-0.39, 0.29) is 5.78 Å². The van der Waals surface area contributed by atoms with Crippen LogP contribution in [-0.2, 0) is 4.79 Å². The lowest BCUT2D eigenvalue weighted by molar-refractivity contribution is -0.114. The molecule has 0 N–H and O–H groups in total. The van der Waals surface area contributed by atoms with Gasteiger partial charge in [0, 0.05) is 0 Å². The summed E-state index contributed by atoms with van der Waals surface area (Å²) < 4.78 is 0. The Hall–Kier alpha value is -0.590. The second kappa shape index (κ2) is 2.71. The van der Waals surface area contributed by atoms with Crippen LogP contribution in [0.5, 0.6) is 0 Å². The van der Waals surface area contributed by atoms with Gasteiger partial charge in [0.2, 0.25) is 0 Å². The number of allylic oxidation sites excluding steroid dienone is 2. The summed E-state index contributed by atoms with van der Waals surface area (Å²) >= 11 is 0. The number of ketones is 1. The van der Waals surface area contributed by atoms with E-state index >= 15 is 0 Å². The number of fused-ring (bicyclic) bond motifs is 1. The Morgan fingerprint density at radius 1 is 1.36 bits per heavy atom. The van der Waals surface area contributed by atoms with Crippen LogP contribution in [0.1, 0.15) is 47.0 Å². The van der Waals surface area contributed by atoms with Gasteiger partial charge in [0.25, 0.3) is 0 Å². The monoisotopic (exact) mass is 192 g/mol. The molecule has 1 heteroatoms. The quantitative estimate of drug-likeness (QED) is 0.622. The second-order valence-electron chi connectivity index (χ2n) is 6.00. The van der Waals surface area contributed by atoms with Gasteiger partial charge < -0.3 is 0 Å². The fraction of sp³-hybridized carbons (Fsp3) is 0.769. The van der Waals surface area contributed by atoms with Crippen LogP contribution in [0, 0.1) is 16.7 Å². The zero-order valence-corrected chi connectivity index (χ0v) is 9.68. The Balaban J connectivity index is 2.39. The van der Waals surface area contributed by atoms with E-state index in [0.29, 0.717) is 16.7 Å². The molecule has 78 valence electrons. The zero-order valence-electron chi connectivity index (χ0n) is 9.68. The highest BCUT2D eigenvalue weighted by molar-refractivity contribution is 5.94. The normalized spacial score (nSPS) is 39.4. The van der Waals surface area contributed by atoms with Gasteiger partial charge in [-0.25, -0.2) is 0 Å². The van der Waals surface area contributed by atoms with E-state index in [4.69, 9.17) is 0 Å². The molecule has 0 amide bonds. The largest absolute Gasteiger partial charge is 0.295 e. The first kappa shape index (κ1) is 9.95. The molecule has 1 fully saturated rings. The number of hydrogen-bond acceptors (Lipinski definition) is 1. The summed E-state index contributed by atoms with van der Waals surface area (Å²) in [6.07, 6.45) is 5.83. The Labute approximate surface area is 86.6 Å². The molecule has 1 nitrogen and oxygen atoms in total. The Bertz CT molecular complexity index is 311. The summed E-state index contributed by atoms with van der Waals surface area (Å²) in [5.41, 5.74) is 1.81. The zero-order chi connectivity index (χ0) is 10.6. The molecule has 0 radical (unpaired) electrons. The lowest BCUT2D eigenvalue weighted by Crippen LogP contribution is -2.29. The maximum Gasteiger partial charge on any atom is 0.155 e. The first-order valence-corrected chi connectivity index (χ1v) is 5.58. The van der Waals surface area contributed by atoms with Gasteiger partial charge in [-0.05, 0) is 48.5 Å². The molecule has 0 aromatic rings. The van der Waals surface area contributed by atoms with Crippen molar-refractivity contribution in [2.45, 2.75) is 47.0 Å². The lowest BCUT2D eigenvalue weighted by atomic mass is 9.70. The molecular formula is C13H20O. The van der Waals surface area contributed by atoms with Crippen molar-refractivity contribution in [3.8, 4) is 0 Å². The minimum atomic E-state index is 0.286. The fourth-order valence-corrected chi connectivity index (χ4v) is 3.66. The average molecular weight is 192 g/mol. The van der Waals surface area contributed by atoms with Crippen molar-refractivity contribution >= 4 is 5.78 Å². The van der Waals surface area contributed by atoms with Crippen molar-refractivity contribution in [3.63, 3.8) is 0 Å². The van der Waals surface area contributed by atoms with Crippen LogP contribution in [0.25, 0.3) is 0 Å². The SMILES string of the molecule is CC(=O)C1=CC[C@@]2(C)CCC(C)(C)[C@@H]12. The molecule has 0 bridgehead atoms. The van der Waals surface area contributed by atoms with E-state index < -0.39 is 0 Å². The molecule has 0 aromatic carbocycles. The first-order valence-electron chi connectivity index (χ1n) is 5.58. The van der Waals surface area contributed by atoms with Crippen molar-refractivity contribution in [3.05, 3.63) is 11.6 Å². The van der Waals surface area contributed by atoms with Crippen LogP contribution in [0.4, 0.5) is 0 Å². The molecule has 2 aliphatic carbocycles. The maximum atomic E-state index is 11.6. The van der Waals surface area contributed by atoms with E-state index in [1.165, 1.54) is 12.8 Å². The van der Waals surface area contributed by atoms with Crippen LogP contribution in [-0.4, -0.2) is 5.78 Å². The number of Topliss-reactive ketones (excluding diaryl/α,β-unsaturated/α-hetero) is 1. The summed E-state index contributed by atoms with van der Waals surface area (Å²) in [6, 6.07) is 0. The van der Waals surface area contributed by atoms with Crippen LogP contribution >= 0.6 is 0 Å². The minimum Gasteiger partial charge on any atom is -0.295 e. The van der Waals surface area contributed by atoms with E-state index in [1.54, 1.807) is 6.92 Å². The predicted octanol–water partition coefficient (Wildman–Crippen LogP) is 3.35. The standard InChI is InChI=1S/C13H20O/c1-9(14)10-5-6-13(4)8-7-12(2,3)11(10)13/h5,11H,6-8H2,1-4H3/t11-,13+/m1/s1. The van der Waals surface area contributed by atoms with E-state index in [0.717, 1.165) is 12.0 Å². The Morgan fingerprint density at radius 3 is 2.57 bits per heavy atom. The van der Waals surface area contributed by atoms with Gasteiger partial charge in [-0.15, -0.1) is 0 Å². The summed E-state index contributed by atoms with van der Waals surface area (Å²) in [5, 5.41) is 0. The number of rotatable bonds is 1. The minimum absolute atomic E-state index is 0.286. The highest BCUT2D eigenvalue weighted by Crippen LogP contribution is 2.61. The molecule has 1 saturated carbocycles. The summed E-state index contributed by atoms with van der Waals surface area (Å²) in [4.78, 5) is 11.6. The number of carbonyl (C=O) groups is 1. The molecule has 0 saturated heterocycles. The van der Waals surface area contributed by atoms with Gasteiger partial charge in [0.05, 0.1) is 0 Å². The molecule has 0 aliphatic heterocycles. The fourth-order valence-electron chi connectivity index (χ4n) is 3.66. The maximum absolute atomic E-state index is 11.6. The average Bonchev–Trinajstić information content (AvgIpc) is 2.50. The number of hydrogen-bond donors (Lipinski definition) is 0. The van der Waals surface area contributed by atoms with E-state index in [1.807, 2.05) is 0 Å². The van der Waals surface area contributed by atoms with Gasteiger partial charge in [-0.2, -0.15) is 0 Å². The van der Waals surface area contributed by atoms with Gasteiger partial charge >= 0.3 is 0 Å². The van der Waals surface area contributed by atoms with Crippen molar-refractivity contribution in [1.29, 1.82) is 0 Å². The molecule has 14 heavy (non-hydrogen) atoms. The van der Waals surface area contributed by atoms with Gasteiger partial charge in [0.15, 0.2) is 5.78 Å². The molecular weight excluding hydrogens is 172 g/mol. The summed E-state index contributed by atoms with van der Waals surface area (Å²) in [6.45, 7) is 8.68. The Morgan fingerprint density at radius 2 is 2.00 bits per heavy atom. The van der Waals surface area contributed by atoms with Crippen LogP contribution in [0.15, 0.2) is 11.6 Å². The van der Waals surface area contributed by atoms with Gasteiger partial charge in [-0.3, -0.25) is 4.79 Å². The molecule has 0 aromatic heterocycles. The third-order valence-corrected chi connectivity index (χ3v) is 4.32. The molecule has 2 rings (SSSR count). The predicted molar refractivity (Wildman–Crippen MR) is 58.0 cm³/mol. The van der Waals surface area contributed by atoms with Crippen LogP contribution in [0.2, 0.25) is 0 Å². The lowest BCUT2D eigenvalue weighted by Gasteiger charge is -2.33. The van der Waals surface area contributed by atoms with Crippen molar-refractivity contribution < 1.29 is 4.79 Å². The molecule has 0 spiro atoms. The van der Waals surface area contributed by atoms with Crippen molar-refractivity contribution in [2.24, 2.45) is 16.7 Å². The highest BCUT2D eigenvalue weighted by atomic mass is 16.1. The topological polar surface area (TPSA) is 17.1 Å². The molecule has 0 unspecified atom stereocenters. The molecule has 2 atom stereocenters. The summed E-state index contributed by atoms with van der Waals surface area (Å²) in [5.74, 6) is 0.793. The number of carbonyl (C=O) groups excluding carboxylic acids is 1. The van der Waals surface area contributed by atoms with Gasteiger partial charge in [-0.1, -0.05) is 26.8 Å². The third-order valence-electron chi connectivity index (χ3n) is 4.32. The smallest absolute Gasteiger partial charge is 0.155 e. The summed E-state index contributed by atoms with van der Waals surface area (Å²) in [7, 11) is 0. The van der Waals surface area contributed by atoms with E-state index in [2.05, 4.69) is 26.8 Å². The molecule has 0 heterocycles. The van der Waals surface area contributed by atoms with E-state index in [9.17, 15) is 4.79 Å². The van der Waals surface area contributed by atoms with Crippen molar-refractivity contribution in [2.75, 3.05) is 0 Å². The van der Waals surface area contributed by atoms with Crippen LogP contribution < -0.4 is 0 Å². The third kappa shape index (κ3) is 1.18. The van der Waals surface area contributed by atoms with Gasteiger partial charge in [0.1, 0.15) is 0 Å². The van der Waals surface area contributed by atoms with Crippen molar-refractivity contribution in [1.82, 2.24) is 0 Å². The first-order chi connectivity index (χ1) is 6.37.